The van der Waals surface area contributed by atoms with Crippen LogP contribution in [0.15, 0.2) is 60.9 Å². The molecule has 2 aliphatic rings. The molecule has 0 saturated carbocycles. The molecule has 0 unspecified atom stereocenters. The molecular formula is C27H25ClN2O6. The standard InChI is InChI=1S/C27H25ClN2O6/c28-18-2-4-23-17(12-18)13-21(27(32)35-23)20-14-25(31)36-26-19(20)3-5-24-22(26)15-30(16-34-24)7-1-6-29-8-10-33-11-9-29/h2-5,12-14H,1,6-11,15-16H2. The van der Waals surface area contributed by atoms with E-state index in [1.54, 1.807) is 24.3 Å². The van der Waals surface area contributed by atoms with Gasteiger partial charge in [-0.15, -0.1) is 0 Å². The Bertz CT molecular complexity index is 1560. The molecule has 1 fully saturated rings. The van der Waals surface area contributed by atoms with Crippen molar-refractivity contribution in [2.75, 3.05) is 46.1 Å². The van der Waals surface area contributed by atoms with Crippen molar-refractivity contribution in [1.82, 2.24) is 9.80 Å². The van der Waals surface area contributed by atoms with Gasteiger partial charge in [0.15, 0.2) is 0 Å². The van der Waals surface area contributed by atoms with Crippen molar-refractivity contribution in [2.24, 2.45) is 0 Å². The molecule has 0 atom stereocenters. The molecule has 4 heterocycles. The second-order valence-corrected chi connectivity index (χ2v) is 9.60. The molecule has 0 N–H and O–H groups in total. The average molecular weight is 509 g/mol. The minimum Gasteiger partial charge on any atom is -0.478 e. The summed E-state index contributed by atoms with van der Waals surface area (Å²) < 4.78 is 22.6. The van der Waals surface area contributed by atoms with Crippen molar-refractivity contribution < 1.29 is 18.3 Å². The molecule has 0 spiro atoms. The van der Waals surface area contributed by atoms with Crippen LogP contribution in [0.4, 0.5) is 0 Å². The lowest BCUT2D eigenvalue weighted by Gasteiger charge is -2.31. The van der Waals surface area contributed by atoms with Gasteiger partial charge in [0.2, 0.25) is 0 Å². The van der Waals surface area contributed by atoms with Crippen molar-refractivity contribution in [3.63, 3.8) is 0 Å². The van der Waals surface area contributed by atoms with Crippen molar-refractivity contribution in [3.8, 4) is 16.9 Å². The summed E-state index contributed by atoms with van der Waals surface area (Å²) in [6.07, 6.45) is 0.999. The second kappa shape index (κ2) is 9.71. The molecule has 0 radical (unpaired) electrons. The first kappa shape index (κ1) is 23.2. The van der Waals surface area contributed by atoms with E-state index in [2.05, 4.69) is 9.80 Å². The predicted molar refractivity (Wildman–Crippen MR) is 137 cm³/mol. The van der Waals surface area contributed by atoms with Crippen LogP contribution in [-0.4, -0.2) is 55.9 Å². The van der Waals surface area contributed by atoms with E-state index < -0.39 is 11.3 Å². The first-order valence-electron chi connectivity index (χ1n) is 12.0. The minimum atomic E-state index is -0.541. The molecule has 0 bridgehead atoms. The minimum absolute atomic E-state index is 0.279. The van der Waals surface area contributed by atoms with Gasteiger partial charge in [-0.1, -0.05) is 11.6 Å². The number of halogens is 1. The van der Waals surface area contributed by atoms with Crippen LogP contribution in [0.5, 0.6) is 5.75 Å². The summed E-state index contributed by atoms with van der Waals surface area (Å²) >= 11 is 6.14. The third kappa shape index (κ3) is 4.53. The van der Waals surface area contributed by atoms with Gasteiger partial charge in [-0.2, -0.15) is 0 Å². The van der Waals surface area contributed by atoms with Gasteiger partial charge in [0, 0.05) is 53.6 Å². The summed E-state index contributed by atoms with van der Waals surface area (Å²) in [4.78, 5) is 30.1. The number of hydrogen-bond donors (Lipinski definition) is 0. The largest absolute Gasteiger partial charge is 0.478 e. The lowest BCUT2D eigenvalue weighted by atomic mass is 9.99. The molecule has 4 aromatic rings. The van der Waals surface area contributed by atoms with Gasteiger partial charge >= 0.3 is 11.3 Å². The lowest BCUT2D eigenvalue weighted by Crippen LogP contribution is -2.39. The first-order chi connectivity index (χ1) is 17.5. The molecule has 2 aliphatic heterocycles. The zero-order valence-corrected chi connectivity index (χ0v) is 20.4. The van der Waals surface area contributed by atoms with Gasteiger partial charge in [-0.05, 0) is 49.4 Å². The Hall–Kier alpha value is -3.17. The maximum absolute atomic E-state index is 12.9. The van der Waals surface area contributed by atoms with Gasteiger partial charge in [0.05, 0.1) is 24.3 Å². The molecule has 6 rings (SSSR count). The number of benzene rings is 2. The molecular weight excluding hydrogens is 484 g/mol. The lowest BCUT2D eigenvalue weighted by molar-refractivity contribution is 0.0330. The molecule has 0 aliphatic carbocycles. The van der Waals surface area contributed by atoms with Gasteiger partial charge in [0.25, 0.3) is 0 Å². The van der Waals surface area contributed by atoms with Crippen LogP contribution < -0.4 is 16.0 Å². The number of rotatable bonds is 5. The molecule has 2 aromatic carbocycles. The van der Waals surface area contributed by atoms with E-state index in [4.69, 9.17) is 29.9 Å². The molecule has 9 heteroatoms. The van der Waals surface area contributed by atoms with Crippen molar-refractivity contribution in [1.29, 1.82) is 0 Å². The third-order valence-electron chi connectivity index (χ3n) is 6.79. The second-order valence-electron chi connectivity index (χ2n) is 9.16. The Morgan fingerprint density at radius 1 is 0.889 bits per heavy atom. The number of ether oxygens (including phenoxy) is 2. The van der Waals surface area contributed by atoms with E-state index in [1.165, 1.54) is 6.07 Å². The van der Waals surface area contributed by atoms with Gasteiger partial charge in [-0.3, -0.25) is 9.80 Å². The van der Waals surface area contributed by atoms with Gasteiger partial charge in [0.1, 0.15) is 23.6 Å². The molecule has 36 heavy (non-hydrogen) atoms. The summed E-state index contributed by atoms with van der Waals surface area (Å²) in [7, 11) is 0. The van der Waals surface area contributed by atoms with Crippen molar-refractivity contribution in [3.05, 3.63) is 73.9 Å². The molecule has 1 saturated heterocycles. The Morgan fingerprint density at radius 2 is 1.72 bits per heavy atom. The smallest absolute Gasteiger partial charge is 0.344 e. The first-order valence-corrected chi connectivity index (χ1v) is 12.4. The van der Waals surface area contributed by atoms with E-state index in [0.717, 1.165) is 51.4 Å². The average Bonchev–Trinajstić information content (AvgIpc) is 2.88. The number of nitrogens with zero attached hydrogens (tertiary/aromatic N) is 2. The van der Waals surface area contributed by atoms with E-state index in [-0.39, 0.29) is 5.56 Å². The molecule has 0 amide bonds. The van der Waals surface area contributed by atoms with Crippen LogP contribution in [0.2, 0.25) is 5.02 Å². The Morgan fingerprint density at radius 3 is 2.58 bits per heavy atom. The summed E-state index contributed by atoms with van der Waals surface area (Å²) in [6, 6.07) is 11.8. The fourth-order valence-electron chi connectivity index (χ4n) is 4.97. The zero-order chi connectivity index (χ0) is 24.6. The van der Waals surface area contributed by atoms with Crippen LogP contribution in [0.1, 0.15) is 12.0 Å². The third-order valence-corrected chi connectivity index (χ3v) is 7.03. The van der Waals surface area contributed by atoms with Gasteiger partial charge in [-0.25, -0.2) is 9.59 Å². The maximum Gasteiger partial charge on any atom is 0.344 e. The zero-order valence-electron chi connectivity index (χ0n) is 19.6. The maximum atomic E-state index is 12.9. The Kier molecular flexibility index (Phi) is 6.27. The van der Waals surface area contributed by atoms with E-state index in [9.17, 15) is 9.59 Å². The van der Waals surface area contributed by atoms with E-state index in [1.807, 2.05) is 12.1 Å². The highest BCUT2D eigenvalue weighted by Gasteiger charge is 2.24. The monoisotopic (exact) mass is 508 g/mol. The summed E-state index contributed by atoms with van der Waals surface area (Å²) in [5, 5.41) is 1.85. The van der Waals surface area contributed by atoms with E-state index in [0.29, 0.717) is 51.5 Å². The topological polar surface area (TPSA) is 85.4 Å². The summed E-state index contributed by atoms with van der Waals surface area (Å²) in [5.74, 6) is 0.685. The highest BCUT2D eigenvalue weighted by Crippen LogP contribution is 2.36. The number of hydrogen-bond acceptors (Lipinski definition) is 8. The number of morpholine rings is 1. The Labute approximate surface area is 211 Å². The normalized spacial score (nSPS) is 16.8. The van der Waals surface area contributed by atoms with Gasteiger partial charge < -0.3 is 18.3 Å². The fraction of sp³-hybridized carbons (Fsp3) is 0.333. The summed E-state index contributed by atoms with van der Waals surface area (Å²) in [5.41, 5.74) is 1.33. The van der Waals surface area contributed by atoms with Crippen LogP contribution in [0, 0.1) is 0 Å². The predicted octanol–water partition coefficient (Wildman–Crippen LogP) is 4.09. The van der Waals surface area contributed by atoms with Crippen LogP contribution in [0.3, 0.4) is 0 Å². The van der Waals surface area contributed by atoms with Crippen molar-refractivity contribution >= 4 is 33.5 Å². The molecule has 186 valence electrons. The highest BCUT2D eigenvalue weighted by molar-refractivity contribution is 6.31. The SMILES string of the molecule is O=c1cc(-c2cc3cc(Cl)ccc3oc2=O)c2ccc3c(c2o1)CN(CCCN1CCOCC1)CO3. The number of fused-ring (bicyclic) bond motifs is 4. The van der Waals surface area contributed by atoms with Crippen LogP contribution in [-0.2, 0) is 11.3 Å². The quantitative estimate of drug-likeness (QED) is 0.373. The molecule has 8 nitrogen and oxygen atoms in total. The van der Waals surface area contributed by atoms with E-state index >= 15 is 0 Å². The summed E-state index contributed by atoms with van der Waals surface area (Å²) in [6.45, 7) is 6.42. The van der Waals surface area contributed by atoms with Crippen LogP contribution in [0.25, 0.3) is 33.1 Å². The highest BCUT2D eigenvalue weighted by atomic mass is 35.5. The fourth-order valence-corrected chi connectivity index (χ4v) is 5.15. The Balaban J connectivity index is 1.34. The van der Waals surface area contributed by atoms with Crippen LogP contribution >= 0.6 is 11.6 Å². The molecule has 2 aromatic heterocycles. The van der Waals surface area contributed by atoms with Crippen molar-refractivity contribution in [2.45, 2.75) is 13.0 Å².